The number of esters is 1. The van der Waals surface area contributed by atoms with Gasteiger partial charge in [0.15, 0.2) is 0 Å². The minimum absolute atomic E-state index is 0.0127. The van der Waals surface area contributed by atoms with Gasteiger partial charge in [0, 0.05) is 17.9 Å². The van der Waals surface area contributed by atoms with Crippen molar-refractivity contribution in [2.24, 2.45) is 5.92 Å². The lowest BCUT2D eigenvalue weighted by Gasteiger charge is -2.68. The molecule has 206 valence electrons. The largest absolute Gasteiger partial charge is 0.469 e. The highest BCUT2D eigenvalue weighted by molar-refractivity contribution is 8.00. The van der Waals surface area contributed by atoms with Crippen molar-refractivity contribution in [3.8, 4) is 0 Å². The summed E-state index contributed by atoms with van der Waals surface area (Å²) in [6.07, 6.45) is 1.56. The SMILES string of the molecule is COC(=O)C(CCCC1SC[C@@H]2NC(=O)N[C@H]12)[C@@]1(C)OC(C)(CO)[C@@](C)(O)C(C)(O)C1(C)NC(C)=O. The van der Waals surface area contributed by atoms with Crippen LogP contribution in [-0.4, -0.2) is 98.0 Å². The average Bonchev–Trinajstić information content (AvgIpc) is 3.33. The van der Waals surface area contributed by atoms with Crippen LogP contribution in [0.3, 0.4) is 0 Å². The van der Waals surface area contributed by atoms with Crippen LogP contribution in [0.2, 0.25) is 0 Å². The first-order valence-electron chi connectivity index (χ1n) is 12.3. The normalized spacial score (nSPS) is 44.8. The predicted molar refractivity (Wildman–Crippen MR) is 133 cm³/mol. The molecule has 3 heterocycles. The van der Waals surface area contributed by atoms with Gasteiger partial charge in [0.2, 0.25) is 5.91 Å². The second-order valence-electron chi connectivity index (χ2n) is 11.2. The molecule has 0 radical (unpaired) electrons. The number of carbonyl (C=O) groups excluding carboxylic acids is 3. The van der Waals surface area contributed by atoms with Crippen LogP contribution < -0.4 is 16.0 Å². The molecule has 36 heavy (non-hydrogen) atoms. The maximum atomic E-state index is 13.2. The van der Waals surface area contributed by atoms with Gasteiger partial charge in [-0.2, -0.15) is 11.8 Å². The van der Waals surface area contributed by atoms with Gasteiger partial charge in [-0.05, 0) is 47.5 Å². The molecule has 0 aliphatic carbocycles. The van der Waals surface area contributed by atoms with Gasteiger partial charge in [0.25, 0.3) is 0 Å². The van der Waals surface area contributed by atoms with Gasteiger partial charge < -0.3 is 40.7 Å². The lowest BCUT2D eigenvalue weighted by molar-refractivity contribution is -0.376. The van der Waals surface area contributed by atoms with E-state index in [0.29, 0.717) is 12.8 Å². The summed E-state index contributed by atoms with van der Waals surface area (Å²) in [6, 6.07) is -0.0815. The summed E-state index contributed by atoms with van der Waals surface area (Å²) in [6.45, 7) is 7.94. The first-order chi connectivity index (χ1) is 16.5. The van der Waals surface area contributed by atoms with Crippen molar-refractivity contribution >= 4 is 29.7 Å². The van der Waals surface area contributed by atoms with Crippen LogP contribution in [0.25, 0.3) is 0 Å². The van der Waals surface area contributed by atoms with E-state index >= 15 is 0 Å². The number of hydrogen-bond donors (Lipinski definition) is 6. The van der Waals surface area contributed by atoms with Gasteiger partial charge in [0.1, 0.15) is 22.4 Å². The zero-order chi connectivity index (χ0) is 27.3. The molecule has 11 nitrogen and oxygen atoms in total. The van der Waals surface area contributed by atoms with Crippen molar-refractivity contribution in [1.82, 2.24) is 16.0 Å². The molecule has 9 atom stereocenters. The van der Waals surface area contributed by atoms with Crippen molar-refractivity contribution < 1.29 is 39.2 Å². The first kappa shape index (κ1) is 29.0. The summed E-state index contributed by atoms with van der Waals surface area (Å²) in [5.74, 6) is -1.24. The third-order valence-corrected chi connectivity index (χ3v) is 10.7. The number of aliphatic hydroxyl groups excluding tert-OH is 1. The quantitative estimate of drug-likeness (QED) is 0.187. The molecular formula is C24H41N3O8S. The summed E-state index contributed by atoms with van der Waals surface area (Å²) in [5, 5.41) is 42.4. The van der Waals surface area contributed by atoms with Gasteiger partial charge in [-0.15, -0.1) is 0 Å². The molecule has 0 aromatic carbocycles. The predicted octanol–water partition coefficient (Wildman–Crippen LogP) is 0.0480. The Morgan fingerprint density at radius 2 is 1.83 bits per heavy atom. The smallest absolute Gasteiger partial charge is 0.315 e. The molecule has 6 N–H and O–H groups in total. The Hall–Kier alpha value is -1.60. The lowest BCUT2D eigenvalue weighted by Crippen LogP contribution is -2.89. The van der Waals surface area contributed by atoms with Crippen molar-refractivity contribution in [3.05, 3.63) is 0 Å². The Kier molecular flexibility index (Phi) is 7.73. The highest BCUT2D eigenvalue weighted by atomic mass is 32.2. The van der Waals surface area contributed by atoms with E-state index < -0.39 is 52.3 Å². The van der Waals surface area contributed by atoms with Crippen molar-refractivity contribution in [2.45, 2.75) is 106 Å². The van der Waals surface area contributed by atoms with Gasteiger partial charge in [-0.1, -0.05) is 6.42 Å². The Labute approximate surface area is 216 Å². The first-order valence-corrected chi connectivity index (χ1v) is 13.4. The highest BCUT2D eigenvalue weighted by Gasteiger charge is 2.76. The molecule has 0 aromatic heterocycles. The topological polar surface area (TPSA) is 166 Å². The second-order valence-corrected chi connectivity index (χ2v) is 12.4. The van der Waals surface area contributed by atoms with E-state index in [0.717, 1.165) is 5.75 Å². The molecule has 0 saturated carbocycles. The van der Waals surface area contributed by atoms with Crippen molar-refractivity contribution in [2.75, 3.05) is 19.5 Å². The van der Waals surface area contributed by atoms with E-state index in [1.807, 2.05) is 0 Å². The number of hydrogen-bond acceptors (Lipinski definition) is 9. The standard InChI is InChI=1S/C24H41N3O8S/c1-13(29)27-22(4)21(3,35-20(2,12-28)23(5,32)24(22,6)33)14(18(30)34-7)9-8-10-16-17-15(11-36-16)25-19(31)26-17/h14-17,28,32-33H,8-12H2,1-7H3,(H,27,29)(H2,25,26,31)/t14?,15-,16?,17-,20?,21+,22?,23+,24?/m0/s1. The zero-order valence-corrected chi connectivity index (χ0v) is 23.0. The zero-order valence-electron chi connectivity index (χ0n) is 22.1. The molecule has 3 rings (SSSR count). The van der Waals surface area contributed by atoms with Gasteiger partial charge in [0.05, 0.1) is 37.3 Å². The fraction of sp³-hybridized carbons (Fsp3) is 0.875. The van der Waals surface area contributed by atoms with Gasteiger partial charge in [-0.3, -0.25) is 9.59 Å². The molecular weight excluding hydrogens is 490 g/mol. The number of thioether (sulfide) groups is 1. The maximum absolute atomic E-state index is 13.2. The van der Waals surface area contributed by atoms with E-state index in [1.54, 1.807) is 18.7 Å². The van der Waals surface area contributed by atoms with E-state index in [4.69, 9.17) is 9.47 Å². The van der Waals surface area contributed by atoms with E-state index in [1.165, 1.54) is 41.7 Å². The second kappa shape index (κ2) is 9.61. The molecule has 0 aromatic rings. The Bertz CT molecular complexity index is 901. The van der Waals surface area contributed by atoms with E-state index in [-0.39, 0.29) is 29.8 Å². The van der Waals surface area contributed by atoms with Crippen molar-refractivity contribution in [3.63, 3.8) is 0 Å². The molecule has 3 saturated heterocycles. The fourth-order valence-corrected chi connectivity index (χ4v) is 7.83. The van der Waals surface area contributed by atoms with E-state index in [9.17, 15) is 29.7 Å². The van der Waals surface area contributed by atoms with Crippen LogP contribution in [0, 0.1) is 5.92 Å². The van der Waals surface area contributed by atoms with Crippen LogP contribution >= 0.6 is 11.8 Å². The number of urea groups is 1. The van der Waals surface area contributed by atoms with Gasteiger partial charge in [-0.25, -0.2) is 4.79 Å². The molecule has 0 bridgehead atoms. The molecule has 12 heteroatoms. The average molecular weight is 532 g/mol. The summed E-state index contributed by atoms with van der Waals surface area (Å²) in [5.41, 5.74) is -9.00. The summed E-state index contributed by atoms with van der Waals surface area (Å²) < 4.78 is 11.6. The van der Waals surface area contributed by atoms with Crippen LogP contribution in [0.5, 0.6) is 0 Å². The fourth-order valence-electron chi connectivity index (χ4n) is 6.28. The van der Waals surface area contributed by atoms with Crippen LogP contribution in [0.15, 0.2) is 0 Å². The Morgan fingerprint density at radius 3 is 2.39 bits per heavy atom. The molecule has 3 aliphatic rings. The third kappa shape index (κ3) is 4.18. The number of ether oxygens (including phenoxy) is 2. The van der Waals surface area contributed by atoms with Crippen LogP contribution in [-0.2, 0) is 19.1 Å². The molecule has 0 spiro atoms. The summed E-state index contributed by atoms with van der Waals surface area (Å²) in [7, 11) is 1.26. The number of amides is 3. The van der Waals surface area contributed by atoms with Crippen LogP contribution in [0.1, 0.15) is 60.8 Å². The number of fused-ring (bicyclic) bond motifs is 1. The molecule has 3 amide bonds. The highest BCUT2D eigenvalue weighted by Crippen LogP contribution is 2.56. The number of aliphatic hydroxyl groups is 3. The monoisotopic (exact) mass is 531 g/mol. The minimum Gasteiger partial charge on any atom is -0.469 e. The van der Waals surface area contributed by atoms with Gasteiger partial charge >= 0.3 is 12.0 Å². The lowest BCUT2D eigenvalue weighted by atomic mass is 9.53. The molecule has 3 aliphatic heterocycles. The third-order valence-electron chi connectivity index (χ3n) is 9.18. The maximum Gasteiger partial charge on any atom is 0.315 e. The number of nitrogens with one attached hydrogen (secondary N) is 3. The summed E-state index contributed by atoms with van der Waals surface area (Å²) >= 11 is 1.76. The van der Waals surface area contributed by atoms with E-state index in [2.05, 4.69) is 16.0 Å². The Balaban J connectivity index is 1.96. The summed E-state index contributed by atoms with van der Waals surface area (Å²) in [4.78, 5) is 37.3. The number of rotatable bonds is 8. The Morgan fingerprint density at radius 1 is 1.19 bits per heavy atom. The molecule has 5 unspecified atom stereocenters. The number of methoxy groups -OCH3 is 1. The molecule has 3 fully saturated rings. The minimum atomic E-state index is -2.04. The number of carbonyl (C=O) groups is 3. The van der Waals surface area contributed by atoms with Crippen molar-refractivity contribution in [1.29, 1.82) is 0 Å². The van der Waals surface area contributed by atoms with Crippen LogP contribution in [0.4, 0.5) is 4.79 Å².